The van der Waals surface area contributed by atoms with Gasteiger partial charge in [-0.05, 0) is 25.3 Å². The first-order chi connectivity index (χ1) is 9.22. The molecule has 1 aliphatic carbocycles. The average Bonchev–Trinajstić information content (AvgIpc) is 2.84. The number of amides is 1. The molecule has 0 radical (unpaired) electrons. The molecule has 2 rings (SSSR count). The highest BCUT2D eigenvalue weighted by Gasteiger charge is 2.29. The molecule has 6 nitrogen and oxygen atoms in total. The van der Waals surface area contributed by atoms with Crippen LogP contribution in [0.5, 0.6) is 0 Å². The summed E-state index contributed by atoms with van der Waals surface area (Å²) < 4.78 is 1.87. The lowest BCUT2D eigenvalue weighted by Crippen LogP contribution is -2.40. The topological polar surface area (TPSA) is 85.8 Å². The van der Waals surface area contributed by atoms with Gasteiger partial charge in [-0.25, -0.2) is 0 Å². The molecule has 1 amide bonds. The fraction of sp³-hybridized carbons (Fsp3) is 0.769. The van der Waals surface area contributed by atoms with Crippen LogP contribution in [0.1, 0.15) is 31.5 Å². The standard InChI is InChI=1S/C13H23N5O/c1-18-9-16-17-12(18)6-7-15-13(19)11-5-3-2-4-10(11)8-14/h9-11H,2-8,14H2,1H3,(H,15,19). The molecule has 1 heterocycles. The van der Waals surface area contributed by atoms with Crippen LogP contribution < -0.4 is 11.1 Å². The number of hydrogen-bond donors (Lipinski definition) is 2. The Balaban J connectivity index is 1.79. The zero-order valence-corrected chi connectivity index (χ0v) is 11.5. The summed E-state index contributed by atoms with van der Waals surface area (Å²) in [5.74, 6) is 1.48. The van der Waals surface area contributed by atoms with Gasteiger partial charge >= 0.3 is 0 Å². The zero-order chi connectivity index (χ0) is 13.7. The van der Waals surface area contributed by atoms with Crippen molar-refractivity contribution in [2.24, 2.45) is 24.6 Å². The molecule has 106 valence electrons. The number of carbonyl (C=O) groups is 1. The van der Waals surface area contributed by atoms with Crippen LogP contribution in [-0.4, -0.2) is 33.8 Å². The first-order valence-electron chi connectivity index (χ1n) is 7.03. The van der Waals surface area contributed by atoms with Gasteiger partial charge in [0.1, 0.15) is 12.2 Å². The van der Waals surface area contributed by atoms with Gasteiger partial charge in [-0.1, -0.05) is 12.8 Å². The lowest BCUT2D eigenvalue weighted by atomic mass is 9.79. The van der Waals surface area contributed by atoms with Gasteiger partial charge in [-0.3, -0.25) is 4.79 Å². The van der Waals surface area contributed by atoms with Crippen LogP contribution in [0.3, 0.4) is 0 Å². The van der Waals surface area contributed by atoms with Gasteiger partial charge in [0.25, 0.3) is 0 Å². The Morgan fingerprint density at radius 2 is 2.32 bits per heavy atom. The number of hydrogen-bond acceptors (Lipinski definition) is 4. The lowest BCUT2D eigenvalue weighted by Gasteiger charge is -2.29. The van der Waals surface area contributed by atoms with Gasteiger partial charge in [-0.2, -0.15) is 0 Å². The van der Waals surface area contributed by atoms with Gasteiger partial charge in [-0.15, -0.1) is 10.2 Å². The summed E-state index contributed by atoms with van der Waals surface area (Å²) in [5.41, 5.74) is 5.76. The number of nitrogens with zero attached hydrogens (tertiary/aromatic N) is 3. The van der Waals surface area contributed by atoms with Crippen LogP contribution in [0, 0.1) is 11.8 Å². The van der Waals surface area contributed by atoms with Gasteiger partial charge in [0, 0.05) is 25.9 Å². The molecule has 3 N–H and O–H groups in total. The van der Waals surface area contributed by atoms with Gasteiger partial charge < -0.3 is 15.6 Å². The fourth-order valence-corrected chi connectivity index (χ4v) is 2.80. The number of carbonyl (C=O) groups excluding carboxylic acids is 1. The molecule has 1 saturated carbocycles. The molecule has 1 aliphatic rings. The van der Waals surface area contributed by atoms with Crippen LogP contribution in [0.15, 0.2) is 6.33 Å². The van der Waals surface area contributed by atoms with Crippen LogP contribution in [0.2, 0.25) is 0 Å². The first-order valence-corrected chi connectivity index (χ1v) is 7.03. The van der Waals surface area contributed by atoms with E-state index < -0.39 is 0 Å². The summed E-state index contributed by atoms with van der Waals surface area (Å²) in [6.07, 6.45) is 6.77. The smallest absolute Gasteiger partial charge is 0.223 e. The van der Waals surface area contributed by atoms with E-state index in [0.29, 0.717) is 25.4 Å². The number of rotatable bonds is 5. The van der Waals surface area contributed by atoms with Crippen LogP contribution >= 0.6 is 0 Å². The molecule has 2 unspecified atom stereocenters. The van der Waals surface area contributed by atoms with E-state index in [-0.39, 0.29) is 11.8 Å². The zero-order valence-electron chi connectivity index (χ0n) is 11.5. The third-order valence-corrected chi connectivity index (χ3v) is 4.00. The summed E-state index contributed by atoms with van der Waals surface area (Å²) in [5, 5.41) is 10.8. The molecule has 19 heavy (non-hydrogen) atoms. The molecule has 0 spiro atoms. The second-order valence-electron chi connectivity index (χ2n) is 5.29. The van der Waals surface area contributed by atoms with E-state index in [1.807, 2.05) is 11.6 Å². The maximum Gasteiger partial charge on any atom is 0.223 e. The van der Waals surface area contributed by atoms with E-state index in [9.17, 15) is 4.79 Å². The van der Waals surface area contributed by atoms with E-state index in [2.05, 4.69) is 15.5 Å². The minimum Gasteiger partial charge on any atom is -0.355 e. The quantitative estimate of drug-likeness (QED) is 0.798. The van der Waals surface area contributed by atoms with Crippen molar-refractivity contribution in [1.29, 1.82) is 0 Å². The van der Waals surface area contributed by atoms with Crippen molar-refractivity contribution in [3.05, 3.63) is 12.2 Å². The summed E-state index contributed by atoms with van der Waals surface area (Å²) in [7, 11) is 1.91. The Morgan fingerprint density at radius 1 is 1.53 bits per heavy atom. The van der Waals surface area contributed by atoms with Crippen molar-refractivity contribution >= 4 is 5.91 Å². The van der Waals surface area contributed by atoms with Crippen LogP contribution in [0.4, 0.5) is 0 Å². The number of nitrogens with two attached hydrogens (primary N) is 1. The molecule has 1 aromatic heterocycles. The van der Waals surface area contributed by atoms with E-state index in [4.69, 9.17) is 5.73 Å². The highest BCUT2D eigenvalue weighted by Crippen LogP contribution is 2.29. The molecule has 6 heteroatoms. The summed E-state index contributed by atoms with van der Waals surface area (Å²) in [6, 6.07) is 0. The highest BCUT2D eigenvalue weighted by atomic mass is 16.1. The van der Waals surface area contributed by atoms with Crippen molar-refractivity contribution in [3.8, 4) is 0 Å². The second kappa shape index (κ2) is 6.65. The maximum absolute atomic E-state index is 12.2. The van der Waals surface area contributed by atoms with Crippen LogP contribution in [0.25, 0.3) is 0 Å². The van der Waals surface area contributed by atoms with Crippen molar-refractivity contribution < 1.29 is 4.79 Å². The minimum absolute atomic E-state index is 0.0956. The van der Waals surface area contributed by atoms with E-state index in [1.54, 1.807) is 6.33 Å². The molecular formula is C13H23N5O. The van der Waals surface area contributed by atoms with Gasteiger partial charge in [0.2, 0.25) is 5.91 Å². The molecule has 1 aromatic rings. The summed E-state index contributed by atoms with van der Waals surface area (Å²) in [6.45, 7) is 1.22. The minimum atomic E-state index is 0.0956. The average molecular weight is 265 g/mol. The molecule has 0 aromatic carbocycles. The Morgan fingerprint density at radius 3 is 3.00 bits per heavy atom. The number of aromatic nitrogens is 3. The number of aryl methyl sites for hydroxylation is 1. The molecule has 2 atom stereocenters. The van der Waals surface area contributed by atoms with Crippen molar-refractivity contribution in [3.63, 3.8) is 0 Å². The molecule has 1 fully saturated rings. The summed E-state index contributed by atoms with van der Waals surface area (Å²) >= 11 is 0. The van der Waals surface area contributed by atoms with E-state index in [1.165, 1.54) is 6.42 Å². The Bertz CT molecular complexity index is 417. The molecule has 0 aliphatic heterocycles. The number of nitrogens with one attached hydrogen (secondary N) is 1. The normalized spacial score (nSPS) is 23.3. The highest BCUT2D eigenvalue weighted by molar-refractivity contribution is 5.79. The van der Waals surface area contributed by atoms with Gasteiger partial charge in [0.15, 0.2) is 0 Å². The molecule has 0 bridgehead atoms. The van der Waals surface area contributed by atoms with Gasteiger partial charge in [0.05, 0.1) is 0 Å². The predicted octanol–water partition coefficient (Wildman–Crippen LogP) is 0.239. The third-order valence-electron chi connectivity index (χ3n) is 4.00. The van der Waals surface area contributed by atoms with E-state index >= 15 is 0 Å². The largest absolute Gasteiger partial charge is 0.355 e. The van der Waals surface area contributed by atoms with Crippen LogP contribution in [-0.2, 0) is 18.3 Å². The van der Waals surface area contributed by atoms with E-state index in [0.717, 1.165) is 25.1 Å². The van der Waals surface area contributed by atoms with Crippen molar-refractivity contribution in [2.75, 3.05) is 13.1 Å². The lowest BCUT2D eigenvalue weighted by molar-refractivity contribution is -0.127. The Labute approximate surface area is 113 Å². The monoisotopic (exact) mass is 265 g/mol. The SMILES string of the molecule is Cn1cnnc1CCNC(=O)C1CCCCC1CN. The molecule has 0 saturated heterocycles. The van der Waals surface area contributed by atoms with Crippen molar-refractivity contribution in [2.45, 2.75) is 32.1 Å². The first kappa shape index (κ1) is 14.0. The Hall–Kier alpha value is -1.43. The fourth-order valence-electron chi connectivity index (χ4n) is 2.80. The van der Waals surface area contributed by atoms with Crippen molar-refractivity contribution in [1.82, 2.24) is 20.1 Å². The third kappa shape index (κ3) is 3.53. The summed E-state index contributed by atoms with van der Waals surface area (Å²) in [4.78, 5) is 12.2. The predicted molar refractivity (Wildman–Crippen MR) is 72.2 cm³/mol. The second-order valence-corrected chi connectivity index (χ2v) is 5.29. The molecular weight excluding hydrogens is 242 g/mol. The Kier molecular flexibility index (Phi) is 4.90. The maximum atomic E-state index is 12.2.